The number of carbonyl (C=O) groups excluding carboxylic acids is 4. The van der Waals surface area contributed by atoms with Gasteiger partial charge in [-0.1, -0.05) is 6.42 Å². The van der Waals surface area contributed by atoms with Crippen LogP contribution in [0.3, 0.4) is 0 Å². The quantitative estimate of drug-likeness (QED) is 0.0740. The first-order valence-electron chi connectivity index (χ1n) is 13.8. The molecule has 0 bridgehead atoms. The van der Waals surface area contributed by atoms with Crippen molar-refractivity contribution in [2.24, 2.45) is 17.2 Å². The minimum absolute atomic E-state index is 0.234. The molecule has 0 aliphatic carbocycles. The summed E-state index contributed by atoms with van der Waals surface area (Å²) in [4.78, 5) is 64.8. The number of hydrogen-bond donors (Lipinski definition) is 9. The molecule has 7 atom stereocenters. The van der Waals surface area contributed by atoms with Gasteiger partial charge < -0.3 is 53.4 Å². The van der Waals surface area contributed by atoms with E-state index in [4.69, 9.17) is 17.2 Å². The Hall–Kier alpha value is -2.85. The molecule has 0 aromatic carbocycles. The van der Waals surface area contributed by atoms with Crippen molar-refractivity contribution >= 4 is 29.6 Å². The smallest absolute Gasteiger partial charge is 0.328 e. The van der Waals surface area contributed by atoms with Gasteiger partial charge in [-0.05, 0) is 71.9 Å². The maximum atomic E-state index is 13.5. The Bertz CT molecular complexity index is 857. The van der Waals surface area contributed by atoms with Crippen molar-refractivity contribution in [1.82, 2.24) is 20.9 Å². The highest BCUT2D eigenvalue weighted by Crippen LogP contribution is 2.20. The number of aliphatic carboxylic acids is 1. The fraction of sp³-hybridized carbons (Fsp3) is 0.800. The van der Waals surface area contributed by atoms with E-state index in [1.807, 2.05) is 0 Å². The summed E-state index contributed by atoms with van der Waals surface area (Å²) < 4.78 is 0. The summed E-state index contributed by atoms with van der Waals surface area (Å²) in [6, 6.07) is -5.95. The van der Waals surface area contributed by atoms with Crippen LogP contribution in [-0.4, -0.2) is 112 Å². The van der Waals surface area contributed by atoms with Crippen LogP contribution in [0, 0.1) is 0 Å². The van der Waals surface area contributed by atoms with E-state index in [0.29, 0.717) is 51.6 Å². The van der Waals surface area contributed by atoms with E-state index >= 15 is 0 Å². The molecule has 1 aliphatic rings. The van der Waals surface area contributed by atoms with Gasteiger partial charge in [0.1, 0.15) is 18.1 Å². The molecule has 0 aromatic rings. The second-order valence-corrected chi connectivity index (χ2v) is 10.2. The summed E-state index contributed by atoms with van der Waals surface area (Å²) in [6.45, 7) is 3.53. The van der Waals surface area contributed by atoms with Crippen LogP contribution < -0.4 is 33.2 Å². The number of carbonyl (C=O) groups is 5. The molecule has 230 valence electrons. The van der Waals surface area contributed by atoms with Crippen LogP contribution in [-0.2, 0) is 24.0 Å². The zero-order valence-corrected chi connectivity index (χ0v) is 23.4. The number of carboxylic acids is 1. The third-order valence-electron chi connectivity index (χ3n) is 6.81. The Morgan fingerprint density at radius 2 is 1.43 bits per heavy atom. The Morgan fingerprint density at radius 3 is 1.95 bits per heavy atom. The summed E-state index contributed by atoms with van der Waals surface area (Å²) >= 11 is 0. The third-order valence-corrected chi connectivity index (χ3v) is 6.81. The molecule has 1 saturated heterocycles. The Kier molecular flexibility index (Phi) is 15.6. The van der Waals surface area contributed by atoms with E-state index in [1.54, 1.807) is 0 Å². The number of nitrogens with two attached hydrogens (primary N) is 3. The molecule has 0 aromatic heterocycles. The van der Waals surface area contributed by atoms with Crippen molar-refractivity contribution < 1.29 is 39.3 Å². The van der Waals surface area contributed by atoms with Crippen LogP contribution in [0.25, 0.3) is 0 Å². The molecule has 1 heterocycles. The minimum Gasteiger partial charge on any atom is -0.480 e. The average molecular weight is 574 g/mol. The zero-order chi connectivity index (χ0) is 30.4. The molecule has 1 fully saturated rings. The van der Waals surface area contributed by atoms with Crippen molar-refractivity contribution in [1.29, 1.82) is 0 Å². The van der Waals surface area contributed by atoms with Crippen LogP contribution in [0.5, 0.6) is 0 Å². The summed E-state index contributed by atoms with van der Waals surface area (Å²) in [6.07, 6.45) is 1.16. The number of aliphatic hydroxyl groups is 2. The van der Waals surface area contributed by atoms with Gasteiger partial charge in [0.25, 0.3) is 0 Å². The molecule has 1 rings (SSSR count). The molecule has 0 radical (unpaired) electrons. The van der Waals surface area contributed by atoms with Crippen LogP contribution in [0.2, 0.25) is 0 Å². The summed E-state index contributed by atoms with van der Waals surface area (Å²) in [5.74, 6) is -4.19. The van der Waals surface area contributed by atoms with Gasteiger partial charge in [0.05, 0.1) is 18.2 Å². The van der Waals surface area contributed by atoms with Gasteiger partial charge in [-0.3, -0.25) is 19.2 Å². The van der Waals surface area contributed by atoms with Crippen LogP contribution in [0.15, 0.2) is 0 Å². The molecule has 4 amide bonds. The number of rotatable bonds is 18. The fourth-order valence-electron chi connectivity index (χ4n) is 4.46. The number of hydrogen-bond acceptors (Lipinski definition) is 10. The van der Waals surface area contributed by atoms with Gasteiger partial charge >= 0.3 is 5.97 Å². The van der Waals surface area contributed by atoms with Crippen molar-refractivity contribution in [3.05, 3.63) is 0 Å². The van der Waals surface area contributed by atoms with E-state index in [1.165, 1.54) is 18.7 Å². The number of aliphatic hydroxyl groups excluding tert-OH is 2. The van der Waals surface area contributed by atoms with E-state index in [2.05, 4.69) is 16.0 Å². The maximum Gasteiger partial charge on any atom is 0.328 e. The van der Waals surface area contributed by atoms with E-state index in [-0.39, 0.29) is 19.4 Å². The standard InChI is InChI=1S/C25H47N7O8/c1-14(33)19(23(37)31-20(15(2)34)25(39)40)30-22(36)18-10-7-13-32(18)24(38)17(9-4-6-12-27)29-21(35)16(28)8-3-5-11-26/h14-20,33-34H,3-13,26-28H2,1-2H3,(H,29,35)(H,30,36)(H,31,37)(H,39,40)/t14-,15-,16+,17+,18+,19+,20+/m1/s1. The third kappa shape index (κ3) is 11.0. The van der Waals surface area contributed by atoms with Gasteiger partial charge in [0, 0.05) is 6.54 Å². The fourth-order valence-corrected chi connectivity index (χ4v) is 4.46. The number of amides is 4. The Balaban J connectivity index is 3.01. The van der Waals surface area contributed by atoms with Gasteiger partial charge in [0.2, 0.25) is 23.6 Å². The summed E-state index contributed by atoms with van der Waals surface area (Å²) in [5, 5.41) is 36.2. The molecular formula is C25H47N7O8. The molecular weight excluding hydrogens is 526 g/mol. The molecule has 15 heteroatoms. The van der Waals surface area contributed by atoms with Crippen molar-refractivity contribution in [2.45, 2.75) is 108 Å². The predicted octanol–water partition coefficient (Wildman–Crippen LogP) is -3.14. The highest BCUT2D eigenvalue weighted by molar-refractivity contribution is 5.96. The zero-order valence-electron chi connectivity index (χ0n) is 23.4. The highest BCUT2D eigenvalue weighted by atomic mass is 16.4. The second-order valence-electron chi connectivity index (χ2n) is 10.2. The molecule has 0 saturated carbocycles. The molecule has 12 N–H and O–H groups in total. The van der Waals surface area contributed by atoms with Gasteiger partial charge in [-0.15, -0.1) is 0 Å². The van der Waals surface area contributed by atoms with E-state index in [9.17, 15) is 39.3 Å². The summed E-state index contributed by atoms with van der Waals surface area (Å²) in [7, 11) is 0. The Labute approximate surface area is 234 Å². The first-order chi connectivity index (χ1) is 18.8. The molecule has 0 spiro atoms. The molecule has 1 aliphatic heterocycles. The lowest BCUT2D eigenvalue weighted by molar-refractivity contribution is -0.146. The number of likely N-dealkylation sites (tertiary alicyclic amines) is 1. The largest absolute Gasteiger partial charge is 0.480 e. The topological polar surface area (TPSA) is 263 Å². The number of unbranched alkanes of at least 4 members (excludes halogenated alkanes) is 2. The van der Waals surface area contributed by atoms with Crippen molar-refractivity contribution in [3.63, 3.8) is 0 Å². The number of nitrogens with one attached hydrogen (secondary N) is 3. The molecule has 0 unspecified atom stereocenters. The van der Waals surface area contributed by atoms with Crippen LogP contribution in [0.1, 0.15) is 65.2 Å². The maximum absolute atomic E-state index is 13.5. The summed E-state index contributed by atoms with van der Waals surface area (Å²) in [5.41, 5.74) is 17.1. The Morgan fingerprint density at radius 1 is 0.850 bits per heavy atom. The molecule has 15 nitrogen and oxygen atoms in total. The van der Waals surface area contributed by atoms with Crippen LogP contribution >= 0.6 is 0 Å². The first-order valence-corrected chi connectivity index (χ1v) is 13.8. The number of nitrogens with zero attached hydrogens (tertiary/aromatic N) is 1. The molecule has 40 heavy (non-hydrogen) atoms. The SMILES string of the molecule is C[C@@H](O)[C@H](NC(=O)[C@@H](NC(=O)[C@@H]1CCCN1C(=O)[C@H](CCCCN)NC(=O)[C@@H](N)CCCCN)[C@@H](C)O)C(=O)O. The number of carboxylic acid groups (broad SMARTS) is 1. The van der Waals surface area contributed by atoms with Crippen molar-refractivity contribution in [2.75, 3.05) is 19.6 Å². The van der Waals surface area contributed by atoms with Crippen molar-refractivity contribution in [3.8, 4) is 0 Å². The lowest BCUT2D eigenvalue weighted by atomic mass is 10.0. The average Bonchev–Trinajstić information content (AvgIpc) is 3.38. The second kappa shape index (κ2) is 17.8. The monoisotopic (exact) mass is 573 g/mol. The first kappa shape index (κ1) is 35.2. The lowest BCUT2D eigenvalue weighted by Gasteiger charge is -2.31. The van der Waals surface area contributed by atoms with E-state index < -0.39 is 72.0 Å². The lowest BCUT2D eigenvalue weighted by Crippen LogP contribution is -2.61. The van der Waals surface area contributed by atoms with Gasteiger partial charge in [-0.2, -0.15) is 0 Å². The normalized spacial score (nSPS) is 19.6. The highest BCUT2D eigenvalue weighted by Gasteiger charge is 2.40. The van der Waals surface area contributed by atoms with Gasteiger partial charge in [0.15, 0.2) is 6.04 Å². The van der Waals surface area contributed by atoms with E-state index in [0.717, 1.165) is 0 Å². The minimum atomic E-state index is -1.66. The van der Waals surface area contributed by atoms with Crippen LogP contribution in [0.4, 0.5) is 0 Å². The predicted molar refractivity (Wildman–Crippen MR) is 145 cm³/mol. The van der Waals surface area contributed by atoms with Gasteiger partial charge in [-0.25, -0.2) is 4.79 Å².